The zero-order chi connectivity index (χ0) is 13.3. The molecule has 0 saturated carbocycles. The third-order valence-corrected chi connectivity index (χ3v) is 2.97. The Bertz CT molecular complexity index is 526. The molecule has 0 bridgehead atoms. The molecule has 96 valence electrons. The second-order valence-corrected chi connectivity index (χ2v) is 4.33. The Balaban J connectivity index is 2.38. The number of carboxylic acids is 1. The fourth-order valence-electron chi connectivity index (χ4n) is 2.07. The quantitative estimate of drug-likeness (QED) is 0.824. The molecule has 0 aliphatic carbocycles. The van der Waals surface area contributed by atoms with Crippen LogP contribution in [-0.2, 0) is 0 Å². The van der Waals surface area contributed by atoms with E-state index in [0.29, 0.717) is 13.1 Å². The van der Waals surface area contributed by atoms with Gasteiger partial charge in [-0.1, -0.05) is 11.6 Å². The first-order valence-corrected chi connectivity index (χ1v) is 5.62. The third-order valence-electron chi connectivity index (χ3n) is 2.97. The van der Waals surface area contributed by atoms with E-state index >= 15 is 0 Å². The van der Waals surface area contributed by atoms with Gasteiger partial charge in [-0.25, -0.2) is 13.6 Å². The number of carbonyl (C=O) groups is 1. The van der Waals surface area contributed by atoms with Gasteiger partial charge in [0.1, 0.15) is 0 Å². The number of anilines is 1. The minimum absolute atomic E-state index is 0.116. The van der Waals surface area contributed by atoms with Gasteiger partial charge in [-0.3, -0.25) is 0 Å². The summed E-state index contributed by atoms with van der Waals surface area (Å²) in [6, 6.07) is 2.42. The van der Waals surface area contributed by atoms with Crippen molar-refractivity contribution in [2.75, 3.05) is 18.0 Å². The normalized spacial score (nSPS) is 15.5. The second kappa shape index (κ2) is 4.76. The molecule has 1 aromatic rings. The van der Waals surface area contributed by atoms with Crippen LogP contribution in [0.3, 0.4) is 0 Å². The van der Waals surface area contributed by atoms with Crippen LogP contribution in [0, 0.1) is 11.6 Å². The molecular weight excluding hydrogens is 240 g/mol. The lowest BCUT2D eigenvalue weighted by atomic mass is 10.1. The molecule has 0 saturated heterocycles. The van der Waals surface area contributed by atoms with E-state index in [1.807, 2.05) is 6.92 Å². The summed E-state index contributed by atoms with van der Waals surface area (Å²) in [6.45, 7) is 3.05. The maximum Gasteiger partial charge on any atom is 0.338 e. The number of hydrogen-bond acceptors (Lipinski definition) is 2. The summed E-state index contributed by atoms with van der Waals surface area (Å²) in [5.74, 6) is -3.86. The van der Waals surface area contributed by atoms with Gasteiger partial charge >= 0.3 is 5.97 Å². The summed E-state index contributed by atoms with van der Waals surface area (Å²) >= 11 is 0. The van der Waals surface area contributed by atoms with Crippen LogP contribution in [0.4, 0.5) is 14.5 Å². The monoisotopic (exact) mass is 253 g/mol. The maximum atomic E-state index is 13.8. The first kappa shape index (κ1) is 12.5. The van der Waals surface area contributed by atoms with Crippen molar-refractivity contribution in [2.45, 2.75) is 13.3 Å². The first-order chi connectivity index (χ1) is 8.50. The number of hydrogen-bond donors (Lipinski definition) is 1. The fraction of sp³-hybridized carbons (Fsp3) is 0.308. The van der Waals surface area contributed by atoms with Gasteiger partial charge in [-0.2, -0.15) is 0 Å². The zero-order valence-corrected chi connectivity index (χ0v) is 9.91. The van der Waals surface area contributed by atoms with Crippen molar-refractivity contribution < 1.29 is 18.7 Å². The number of halogens is 2. The summed E-state index contributed by atoms with van der Waals surface area (Å²) in [5, 5.41) is 8.70. The second-order valence-electron chi connectivity index (χ2n) is 4.33. The van der Waals surface area contributed by atoms with Crippen molar-refractivity contribution in [2.24, 2.45) is 0 Å². The van der Waals surface area contributed by atoms with Gasteiger partial charge in [-0.05, 0) is 25.5 Å². The summed E-state index contributed by atoms with van der Waals surface area (Å²) in [5.41, 5.74) is 0.564. The highest BCUT2D eigenvalue weighted by molar-refractivity contribution is 5.88. The Morgan fingerprint density at radius 1 is 1.33 bits per heavy atom. The van der Waals surface area contributed by atoms with Crippen LogP contribution in [0.1, 0.15) is 23.7 Å². The predicted molar refractivity (Wildman–Crippen MR) is 63.9 cm³/mol. The van der Waals surface area contributed by atoms with Crippen molar-refractivity contribution in [1.29, 1.82) is 0 Å². The van der Waals surface area contributed by atoms with Gasteiger partial charge in [-0.15, -0.1) is 0 Å². The smallest absolute Gasteiger partial charge is 0.338 e. The average Bonchev–Trinajstić information content (AvgIpc) is 2.32. The number of aromatic carboxylic acids is 1. The summed E-state index contributed by atoms with van der Waals surface area (Å²) in [4.78, 5) is 12.4. The molecule has 1 N–H and O–H groups in total. The maximum absolute atomic E-state index is 13.8. The largest absolute Gasteiger partial charge is 0.478 e. The van der Waals surface area contributed by atoms with Crippen molar-refractivity contribution in [3.8, 4) is 0 Å². The molecule has 0 radical (unpaired) electrons. The number of carboxylic acid groups (broad SMARTS) is 1. The predicted octanol–water partition coefficient (Wildman–Crippen LogP) is 2.82. The fourth-order valence-corrected chi connectivity index (χ4v) is 2.07. The molecule has 0 unspecified atom stereocenters. The van der Waals surface area contributed by atoms with E-state index in [4.69, 9.17) is 5.11 Å². The highest BCUT2D eigenvalue weighted by Gasteiger charge is 2.22. The molecular formula is C13H13F2NO2. The molecule has 5 heteroatoms. The molecule has 1 heterocycles. The molecule has 0 aromatic heterocycles. The highest BCUT2D eigenvalue weighted by Crippen LogP contribution is 2.26. The molecule has 1 aliphatic rings. The average molecular weight is 253 g/mol. The summed E-state index contributed by atoms with van der Waals surface area (Å²) in [6.07, 6.45) is 2.82. The number of benzene rings is 1. The van der Waals surface area contributed by atoms with Gasteiger partial charge in [0.05, 0.1) is 11.3 Å². The molecule has 2 rings (SSSR count). The summed E-state index contributed by atoms with van der Waals surface area (Å²) < 4.78 is 27.4. The van der Waals surface area contributed by atoms with E-state index in [9.17, 15) is 13.6 Å². The van der Waals surface area contributed by atoms with E-state index in [2.05, 4.69) is 6.08 Å². The Labute approximate surface area is 103 Å². The van der Waals surface area contributed by atoms with Crippen LogP contribution in [0.5, 0.6) is 0 Å². The van der Waals surface area contributed by atoms with Crippen LogP contribution >= 0.6 is 0 Å². The van der Waals surface area contributed by atoms with Gasteiger partial charge in [0.25, 0.3) is 0 Å². The van der Waals surface area contributed by atoms with E-state index in [1.54, 1.807) is 4.90 Å². The van der Waals surface area contributed by atoms with Crippen LogP contribution in [0.25, 0.3) is 0 Å². The SMILES string of the molecule is CC1=CCCN(c2ccc(C(=O)O)c(F)c2F)C1. The van der Waals surface area contributed by atoms with Crippen molar-refractivity contribution >= 4 is 11.7 Å². The lowest BCUT2D eigenvalue weighted by Crippen LogP contribution is -2.30. The third kappa shape index (κ3) is 2.20. The van der Waals surface area contributed by atoms with Gasteiger partial charge in [0.15, 0.2) is 11.6 Å². The van der Waals surface area contributed by atoms with Gasteiger partial charge < -0.3 is 10.0 Å². The molecule has 3 nitrogen and oxygen atoms in total. The standard InChI is InChI=1S/C13H13F2NO2/c1-8-3-2-6-16(7-8)10-5-4-9(13(17)18)11(14)12(10)15/h3-5H,2,6-7H2,1H3,(H,17,18). The molecule has 0 fully saturated rings. The van der Waals surface area contributed by atoms with Crippen molar-refractivity contribution in [3.63, 3.8) is 0 Å². The zero-order valence-electron chi connectivity index (χ0n) is 9.91. The molecule has 1 aliphatic heterocycles. The number of rotatable bonds is 2. The summed E-state index contributed by atoms with van der Waals surface area (Å²) in [7, 11) is 0. The van der Waals surface area contributed by atoms with Gasteiger partial charge in [0, 0.05) is 13.1 Å². The molecule has 1 aromatic carbocycles. The van der Waals surface area contributed by atoms with E-state index in [0.717, 1.165) is 18.1 Å². The minimum atomic E-state index is -1.47. The lowest BCUT2D eigenvalue weighted by Gasteiger charge is -2.28. The first-order valence-electron chi connectivity index (χ1n) is 5.62. The molecule has 0 atom stereocenters. The van der Waals surface area contributed by atoms with Crippen LogP contribution in [0.2, 0.25) is 0 Å². The Morgan fingerprint density at radius 3 is 2.67 bits per heavy atom. The van der Waals surface area contributed by atoms with E-state index in [-0.39, 0.29) is 5.69 Å². The Kier molecular flexibility index (Phi) is 3.32. The molecule has 0 spiro atoms. The topological polar surface area (TPSA) is 40.5 Å². The van der Waals surface area contributed by atoms with E-state index in [1.165, 1.54) is 6.07 Å². The van der Waals surface area contributed by atoms with Crippen molar-refractivity contribution in [1.82, 2.24) is 0 Å². The molecule has 0 amide bonds. The van der Waals surface area contributed by atoms with Crippen LogP contribution < -0.4 is 4.90 Å². The van der Waals surface area contributed by atoms with Crippen molar-refractivity contribution in [3.05, 3.63) is 41.0 Å². The lowest BCUT2D eigenvalue weighted by molar-refractivity contribution is 0.0690. The van der Waals surface area contributed by atoms with E-state index < -0.39 is 23.2 Å². The molecule has 18 heavy (non-hydrogen) atoms. The Hall–Kier alpha value is -1.91. The minimum Gasteiger partial charge on any atom is -0.478 e. The van der Waals surface area contributed by atoms with Crippen LogP contribution in [0.15, 0.2) is 23.8 Å². The van der Waals surface area contributed by atoms with Crippen LogP contribution in [-0.4, -0.2) is 24.2 Å². The highest BCUT2D eigenvalue weighted by atomic mass is 19.2. The Morgan fingerprint density at radius 2 is 2.06 bits per heavy atom. The number of nitrogens with zero attached hydrogens (tertiary/aromatic N) is 1. The van der Waals surface area contributed by atoms with Gasteiger partial charge in [0.2, 0.25) is 0 Å².